The largest absolute Gasteiger partial charge is 0.507 e. The molecule has 1 aromatic heterocycles. The Bertz CT molecular complexity index is 1870. The lowest BCUT2D eigenvalue weighted by atomic mass is 9.95. The van der Waals surface area contributed by atoms with E-state index in [0.717, 1.165) is 10.3 Å². The fourth-order valence-electron chi connectivity index (χ4n) is 4.92. The summed E-state index contributed by atoms with van der Waals surface area (Å²) in [5.74, 6) is -1.04. The van der Waals surface area contributed by atoms with Crippen LogP contribution in [0.25, 0.3) is 16.0 Å². The van der Waals surface area contributed by atoms with Gasteiger partial charge >= 0.3 is 5.91 Å². The quantitative estimate of drug-likeness (QED) is 0.106. The van der Waals surface area contributed by atoms with Gasteiger partial charge in [0.1, 0.15) is 12.4 Å². The molecular formula is C33H24Cl2N2O5S. The molecule has 1 aliphatic heterocycles. The van der Waals surface area contributed by atoms with Crippen LogP contribution in [0.15, 0.2) is 96.6 Å². The van der Waals surface area contributed by atoms with Crippen molar-refractivity contribution in [3.63, 3.8) is 0 Å². The van der Waals surface area contributed by atoms with Crippen molar-refractivity contribution in [3.05, 3.63) is 123 Å². The summed E-state index contributed by atoms with van der Waals surface area (Å²) >= 11 is 13.5. The van der Waals surface area contributed by atoms with Crippen molar-refractivity contribution in [3.8, 4) is 11.5 Å². The summed E-state index contributed by atoms with van der Waals surface area (Å²) in [6, 6.07) is 25.6. The molecule has 1 N–H and O–H groups in total. The summed E-state index contributed by atoms with van der Waals surface area (Å²) in [7, 11) is 0. The van der Waals surface area contributed by atoms with E-state index in [9.17, 15) is 14.7 Å². The van der Waals surface area contributed by atoms with E-state index >= 15 is 0 Å². The van der Waals surface area contributed by atoms with Crippen LogP contribution < -0.4 is 14.4 Å². The summed E-state index contributed by atoms with van der Waals surface area (Å²) in [6.45, 7) is 2.53. The Morgan fingerprint density at radius 1 is 0.907 bits per heavy atom. The van der Waals surface area contributed by atoms with Crippen molar-refractivity contribution in [1.29, 1.82) is 0 Å². The van der Waals surface area contributed by atoms with Gasteiger partial charge in [-0.15, -0.1) is 0 Å². The first-order valence-corrected chi connectivity index (χ1v) is 15.0. The van der Waals surface area contributed by atoms with Crippen LogP contribution in [0.5, 0.6) is 11.5 Å². The number of aliphatic hydroxyl groups is 1. The van der Waals surface area contributed by atoms with Crippen LogP contribution in [0.2, 0.25) is 10.0 Å². The van der Waals surface area contributed by atoms with Gasteiger partial charge in [0.05, 0.1) is 28.4 Å². The van der Waals surface area contributed by atoms with Crippen LogP contribution in [-0.4, -0.2) is 28.4 Å². The van der Waals surface area contributed by atoms with Crippen LogP contribution in [0.1, 0.15) is 29.7 Å². The zero-order valence-corrected chi connectivity index (χ0v) is 25.1. The molecule has 6 rings (SSSR count). The number of carbonyl (C=O) groups excluding carboxylic acids is 2. The number of rotatable bonds is 8. The number of aromatic nitrogens is 1. The van der Waals surface area contributed by atoms with Gasteiger partial charge in [-0.1, -0.05) is 70.9 Å². The SMILES string of the molecule is CCOc1cc(C2/C(=C(\O)c3ccc(Cl)cc3)C(=O)C(=O)N2c2nc3ccc(Cl)cc3s2)ccc1OCc1ccccc1. The molecule has 0 bridgehead atoms. The van der Waals surface area contributed by atoms with Crippen molar-refractivity contribution < 1.29 is 24.2 Å². The molecule has 0 spiro atoms. The molecule has 1 unspecified atom stereocenters. The van der Waals surface area contributed by atoms with E-state index in [1.54, 1.807) is 60.7 Å². The second-order valence-electron chi connectivity index (χ2n) is 9.70. The van der Waals surface area contributed by atoms with Gasteiger partial charge in [0.25, 0.3) is 5.78 Å². The molecule has 43 heavy (non-hydrogen) atoms. The smallest absolute Gasteiger partial charge is 0.301 e. The maximum atomic E-state index is 13.7. The molecule has 4 aromatic carbocycles. The highest BCUT2D eigenvalue weighted by Crippen LogP contribution is 2.46. The minimum absolute atomic E-state index is 0.0787. The number of benzene rings is 4. The Kier molecular flexibility index (Phi) is 8.08. The van der Waals surface area contributed by atoms with Gasteiger partial charge in [-0.05, 0) is 72.6 Å². The molecule has 1 fully saturated rings. The number of amides is 1. The Hall–Kier alpha value is -4.37. The summed E-state index contributed by atoms with van der Waals surface area (Å²) in [5, 5.41) is 12.7. The van der Waals surface area contributed by atoms with Crippen molar-refractivity contribution in [1.82, 2.24) is 4.98 Å². The van der Waals surface area contributed by atoms with Crippen LogP contribution in [-0.2, 0) is 16.2 Å². The third-order valence-electron chi connectivity index (χ3n) is 6.93. The standard InChI is InChI=1S/C33H24Cl2N2O5S/c1-2-41-26-16-21(10-15-25(26)42-18-19-6-4-3-5-7-19)29-28(30(38)20-8-11-22(34)12-9-20)31(39)32(40)37(29)33-36-24-14-13-23(35)17-27(24)43-33/h3-17,29,38H,2,18H2,1H3/b30-28+. The number of halogens is 2. The number of hydrogen-bond donors (Lipinski definition) is 1. The number of carbonyl (C=O) groups is 2. The number of aliphatic hydroxyl groups excluding tert-OH is 1. The first kappa shape index (κ1) is 28.7. The lowest BCUT2D eigenvalue weighted by molar-refractivity contribution is -0.132. The van der Waals surface area contributed by atoms with Crippen molar-refractivity contribution in [2.75, 3.05) is 11.5 Å². The van der Waals surface area contributed by atoms with Gasteiger partial charge in [0.2, 0.25) is 0 Å². The Morgan fingerprint density at radius 3 is 2.40 bits per heavy atom. The molecule has 10 heteroatoms. The number of thiazole rings is 1. The van der Waals surface area contributed by atoms with E-state index in [1.165, 1.54) is 16.2 Å². The van der Waals surface area contributed by atoms with E-state index in [1.807, 2.05) is 37.3 Å². The summed E-state index contributed by atoms with van der Waals surface area (Å²) in [5.41, 5.74) is 2.41. The first-order valence-electron chi connectivity index (χ1n) is 13.4. The van der Waals surface area contributed by atoms with Gasteiger partial charge in [-0.25, -0.2) is 4.98 Å². The molecule has 0 aliphatic carbocycles. The molecule has 1 aliphatic rings. The molecule has 2 heterocycles. The van der Waals surface area contributed by atoms with E-state index < -0.39 is 17.7 Å². The summed E-state index contributed by atoms with van der Waals surface area (Å²) in [4.78, 5) is 33.3. The number of fused-ring (bicyclic) bond motifs is 1. The first-order chi connectivity index (χ1) is 20.8. The van der Waals surface area contributed by atoms with Crippen molar-refractivity contribution in [2.24, 2.45) is 0 Å². The second kappa shape index (κ2) is 12.1. The minimum Gasteiger partial charge on any atom is -0.507 e. The molecule has 1 saturated heterocycles. The third kappa shape index (κ3) is 5.69. The molecule has 5 aromatic rings. The maximum Gasteiger partial charge on any atom is 0.301 e. The van der Waals surface area contributed by atoms with Gasteiger partial charge in [-0.3, -0.25) is 14.5 Å². The Labute approximate surface area is 261 Å². The Morgan fingerprint density at radius 2 is 1.65 bits per heavy atom. The summed E-state index contributed by atoms with van der Waals surface area (Å²) < 4.78 is 12.8. The number of hydrogen-bond acceptors (Lipinski definition) is 7. The molecule has 216 valence electrons. The van der Waals surface area contributed by atoms with Gasteiger partial charge < -0.3 is 14.6 Å². The highest BCUT2D eigenvalue weighted by Gasteiger charge is 2.48. The fraction of sp³-hybridized carbons (Fsp3) is 0.121. The number of Topliss-reactive ketones (excluding diaryl/α,β-unsaturated/α-hetero) is 1. The second-order valence-corrected chi connectivity index (χ2v) is 11.6. The molecule has 7 nitrogen and oxygen atoms in total. The maximum absolute atomic E-state index is 13.7. The average Bonchev–Trinajstić information content (AvgIpc) is 3.54. The summed E-state index contributed by atoms with van der Waals surface area (Å²) in [6.07, 6.45) is 0. The van der Waals surface area contributed by atoms with Crippen LogP contribution >= 0.6 is 34.5 Å². The molecule has 1 amide bonds. The molecule has 0 saturated carbocycles. The zero-order chi connectivity index (χ0) is 30.1. The van der Waals surface area contributed by atoms with Gasteiger partial charge in [-0.2, -0.15) is 0 Å². The predicted molar refractivity (Wildman–Crippen MR) is 169 cm³/mol. The van der Waals surface area contributed by atoms with E-state index in [2.05, 4.69) is 4.98 Å². The molecular weight excluding hydrogens is 607 g/mol. The normalized spacial score (nSPS) is 16.2. The topological polar surface area (TPSA) is 89.0 Å². The number of nitrogens with zero attached hydrogens (tertiary/aromatic N) is 2. The molecule has 1 atom stereocenters. The Balaban J connectivity index is 1.49. The zero-order valence-electron chi connectivity index (χ0n) is 22.8. The van der Waals surface area contributed by atoms with E-state index in [0.29, 0.717) is 56.5 Å². The van der Waals surface area contributed by atoms with Crippen LogP contribution in [0, 0.1) is 0 Å². The van der Waals surface area contributed by atoms with Crippen LogP contribution in [0.3, 0.4) is 0 Å². The van der Waals surface area contributed by atoms with Gasteiger partial charge in [0, 0.05) is 15.6 Å². The number of anilines is 1. The molecule has 0 radical (unpaired) electrons. The predicted octanol–water partition coefficient (Wildman–Crippen LogP) is 8.21. The van der Waals surface area contributed by atoms with Gasteiger partial charge in [0.15, 0.2) is 16.6 Å². The van der Waals surface area contributed by atoms with Crippen molar-refractivity contribution >= 4 is 67.3 Å². The number of ketones is 1. The third-order valence-corrected chi connectivity index (χ3v) is 8.43. The van der Waals surface area contributed by atoms with E-state index in [-0.39, 0.29) is 11.3 Å². The van der Waals surface area contributed by atoms with Crippen molar-refractivity contribution in [2.45, 2.75) is 19.6 Å². The highest BCUT2D eigenvalue weighted by molar-refractivity contribution is 7.22. The highest BCUT2D eigenvalue weighted by atomic mass is 35.5. The van der Waals surface area contributed by atoms with Crippen LogP contribution in [0.4, 0.5) is 5.13 Å². The monoisotopic (exact) mass is 630 g/mol. The minimum atomic E-state index is -1.01. The van der Waals surface area contributed by atoms with E-state index in [4.69, 9.17) is 32.7 Å². The number of ether oxygens (including phenoxy) is 2. The lowest BCUT2D eigenvalue weighted by Crippen LogP contribution is -2.29. The fourth-order valence-corrected chi connectivity index (χ4v) is 6.31. The average molecular weight is 632 g/mol. The lowest BCUT2D eigenvalue weighted by Gasteiger charge is -2.24.